The van der Waals surface area contributed by atoms with Crippen LogP contribution in [-0.2, 0) is 38.8 Å². The number of benzene rings is 3. The lowest BCUT2D eigenvalue weighted by Crippen LogP contribution is -2.34. The van der Waals surface area contributed by atoms with Gasteiger partial charge in [-0.3, -0.25) is 0 Å². The van der Waals surface area contributed by atoms with E-state index in [1.807, 2.05) is 18.2 Å². The predicted molar refractivity (Wildman–Crippen MR) is 230 cm³/mol. The quantitative estimate of drug-likeness (QED) is 0.0422. The smallest absolute Gasteiger partial charge is 0.143 e. The number of rotatable bonds is 39. The lowest BCUT2D eigenvalue weighted by molar-refractivity contribution is -0.0395. The zero-order chi connectivity index (χ0) is 39.3. The van der Waals surface area contributed by atoms with E-state index in [1.54, 1.807) is 0 Å². The summed E-state index contributed by atoms with van der Waals surface area (Å²) in [6, 6.07) is 31.2. The molecule has 0 saturated heterocycles. The summed E-state index contributed by atoms with van der Waals surface area (Å²) >= 11 is 0. The molecule has 0 saturated carbocycles. The largest absolute Gasteiger partial charge is 0.379 e. The zero-order valence-electron chi connectivity index (χ0n) is 35.0. The summed E-state index contributed by atoms with van der Waals surface area (Å²) < 4.78 is 40.9. The highest BCUT2D eigenvalue weighted by atomic mass is 16.6. The lowest BCUT2D eigenvalue weighted by Gasteiger charge is -2.36. The van der Waals surface area contributed by atoms with E-state index < -0.39 is 5.60 Å². The van der Waals surface area contributed by atoms with Gasteiger partial charge in [-0.2, -0.15) is 0 Å². The van der Waals surface area contributed by atoms with Crippen molar-refractivity contribution in [2.45, 2.75) is 115 Å². The minimum Gasteiger partial charge on any atom is -0.379 e. The lowest BCUT2D eigenvalue weighted by atomic mass is 9.80. The van der Waals surface area contributed by atoms with Gasteiger partial charge in [0, 0.05) is 6.61 Å². The molecule has 0 spiro atoms. The number of unbranched alkanes of at least 4 members (excludes halogenated alkanes) is 15. The molecule has 0 fully saturated rings. The zero-order valence-corrected chi connectivity index (χ0v) is 35.0. The minimum atomic E-state index is -0.739. The SMILES string of the molecule is CCCCCCCCCCCCCCCCCCOCCOCCOCCOCCOCCOCCOC(c1ccccc1)(c1ccccc1)c1ccccc1. The second-order valence-corrected chi connectivity index (χ2v) is 14.6. The monoisotopic (exact) mass is 777 g/mol. The maximum Gasteiger partial charge on any atom is 0.143 e. The van der Waals surface area contributed by atoms with Crippen LogP contribution in [0, 0.1) is 0 Å². The molecule has 3 aromatic carbocycles. The van der Waals surface area contributed by atoms with Gasteiger partial charge in [0.25, 0.3) is 0 Å². The normalized spacial score (nSPS) is 11.7. The molecule has 0 aliphatic heterocycles. The van der Waals surface area contributed by atoms with Gasteiger partial charge in [0.05, 0.1) is 79.3 Å². The Kier molecular flexibility index (Phi) is 29.4. The van der Waals surface area contributed by atoms with Crippen molar-refractivity contribution >= 4 is 0 Å². The van der Waals surface area contributed by atoms with Crippen LogP contribution in [0.3, 0.4) is 0 Å². The average Bonchev–Trinajstić information content (AvgIpc) is 3.24. The van der Waals surface area contributed by atoms with E-state index >= 15 is 0 Å². The second-order valence-electron chi connectivity index (χ2n) is 14.6. The van der Waals surface area contributed by atoms with Crippen molar-refractivity contribution in [3.63, 3.8) is 0 Å². The molecule has 0 atom stereocenters. The maximum atomic E-state index is 6.75. The van der Waals surface area contributed by atoms with Crippen molar-refractivity contribution in [3.8, 4) is 0 Å². The summed E-state index contributed by atoms with van der Waals surface area (Å²) in [7, 11) is 0. The van der Waals surface area contributed by atoms with Crippen LogP contribution in [0.5, 0.6) is 0 Å². The van der Waals surface area contributed by atoms with Gasteiger partial charge in [-0.25, -0.2) is 0 Å². The van der Waals surface area contributed by atoms with Crippen LogP contribution in [0.25, 0.3) is 0 Å². The molecule has 314 valence electrons. The molecule has 0 unspecified atom stereocenters. The summed E-state index contributed by atoms with van der Waals surface area (Å²) in [6.07, 6.45) is 22.2. The van der Waals surface area contributed by atoms with Crippen LogP contribution < -0.4 is 0 Å². The molecule has 7 nitrogen and oxygen atoms in total. The molecule has 0 heterocycles. The summed E-state index contributed by atoms with van der Waals surface area (Å²) in [5.74, 6) is 0. The van der Waals surface area contributed by atoms with E-state index in [4.69, 9.17) is 33.2 Å². The molecule has 0 aliphatic carbocycles. The fourth-order valence-electron chi connectivity index (χ4n) is 6.98. The average molecular weight is 777 g/mol. The van der Waals surface area contributed by atoms with E-state index in [1.165, 1.54) is 96.3 Å². The Morgan fingerprint density at radius 2 is 0.536 bits per heavy atom. The number of hydrogen-bond donors (Lipinski definition) is 0. The van der Waals surface area contributed by atoms with E-state index in [9.17, 15) is 0 Å². The molecule has 3 aromatic rings. The summed E-state index contributed by atoms with van der Waals surface area (Å²) in [5.41, 5.74) is 2.50. The van der Waals surface area contributed by atoms with Gasteiger partial charge < -0.3 is 33.2 Å². The second kappa shape index (κ2) is 34.4. The first-order chi connectivity index (χ1) is 27.9. The maximum absolute atomic E-state index is 6.75. The highest BCUT2D eigenvalue weighted by Crippen LogP contribution is 2.40. The molecule has 7 heteroatoms. The van der Waals surface area contributed by atoms with Crippen LogP contribution in [0.1, 0.15) is 126 Å². The molecule has 3 rings (SSSR count). The van der Waals surface area contributed by atoms with E-state index in [-0.39, 0.29) is 0 Å². The standard InChI is InChI=1S/C49H76O7/c1-2-3-4-5-6-7-8-9-10-11-12-13-14-15-16-26-33-50-34-35-51-36-37-52-38-39-53-40-41-54-42-43-55-44-45-56-49(46-27-20-17-21-28-46,47-29-22-18-23-30-47)48-31-24-19-25-32-48/h17-25,27-32H,2-16,26,33-45H2,1H3. The molecule has 0 radical (unpaired) electrons. The molecule has 0 N–H and O–H groups in total. The first kappa shape index (κ1) is 47.8. The van der Waals surface area contributed by atoms with Gasteiger partial charge in [-0.05, 0) is 23.1 Å². The third-order valence-corrected chi connectivity index (χ3v) is 10.1. The number of ether oxygens (including phenoxy) is 7. The van der Waals surface area contributed by atoms with Gasteiger partial charge in [-0.15, -0.1) is 0 Å². The molecule has 0 aliphatic rings. The molecule has 0 aromatic heterocycles. The van der Waals surface area contributed by atoms with Gasteiger partial charge in [-0.1, -0.05) is 194 Å². The van der Waals surface area contributed by atoms with Gasteiger partial charge >= 0.3 is 0 Å². The van der Waals surface area contributed by atoms with Gasteiger partial charge in [0.15, 0.2) is 0 Å². The first-order valence-corrected chi connectivity index (χ1v) is 22.1. The molecule has 0 amide bonds. The summed E-state index contributed by atoms with van der Waals surface area (Å²) in [4.78, 5) is 0. The molecular weight excluding hydrogens is 701 g/mol. The minimum absolute atomic E-state index is 0.431. The fourth-order valence-corrected chi connectivity index (χ4v) is 6.98. The predicted octanol–water partition coefficient (Wildman–Crippen LogP) is 11.4. The Morgan fingerprint density at radius 3 is 0.839 bits per heavy atom. The Bertz CT molecular complexity index is 1150. The third-order valence-electron chi connectivity index (χ3n) is 10.1. The van der Waals surface area contributed by atoms with E-state index in [0.717, 1.165) is 29.7 Å². The van der Waals surface area contributed by atoms with Crippen LogP contribution in [0.15, 0.2) is 91.0 Å². The molecule has 56 heavy (non-hydrogen) atoms. The van der Waals surface area contributed by atoms with Crippen molar-refractivity contribution in [3.05, 3.63) is 108 Å². The van der Waals surface area contributed by atoms with Crippen molar-refractivity contribution in [2.24, 2.45) is 0 Å². The highest BCUT2D eigenvalue weighted by molar-refractivity contribution is 5.47. The number of hydrogen-bond acceptors (Lipinski definition) is 7. The Labute approximate surface area is 341 Å². The topological polar surface area (TPSA) is 64.6 Å². The summed E-state index contributed by atoms with van der Waals surface area (Å²) in [6.45, 7) is 9.51. The van der Waals surface area contributed by atoms with Crippen LogP contribution >= 0.6 is 0 Å². The van der Waals surface area contributed by atoms with Crippen LogP contribution in [0.2, 0.25) is 0 Å². The van der Waals surface area contributed by atoms with Crippen molar-refractivity contribution < 1.29 is 33.2 Å². The Balaban J connectivity index is 1.04. The van der Waals surface area contributed by atoms with Gasteiger partial charge in [0.2, 0.25) is 0 Å². The third kappa shape index (κ3) is 21.8. The summed E-state index contributed by atoms with van der Waals surface area (Å²) in [5, 5.41) is 0. The van der Waals surface area contributed by atoms with E-state index in [2.05, 4.69) is 79.7 Å². The van der Waals surface area contributed by atoms with E-state index in [0.29, 0.717) is 79.3 Å². The van der Waals surface area contributed by atoms with Crippen LogP contribution in [-0.4, -0.2) is 85.9 Å². The van der Waals surface area contributed by atoms with Gasteiger partial charge in [0.1, 0.15) is 5.60 Å². The highest BCUT2D eigenvalue weighted by Gasteiger charge is 2.37. The molecular formula is C49H76O7. The first-order valence-electron chi connectivity index (χ1n) is 22.1. The van der Waals surface area contributed by atoms with Crippen molar-refractivity contribution in [1.82, 2.24) is 0 Å². The van der Waals surface area contributed by atoms with Crippen molar-refractivity contribution in [2.75, 3.05) is 85.9 Å². The Hall–Kier alpha value is -2.62. The van der Waals surface area contributed by atoms with Crippen molar-refractivity contribution in [1.29, 1.82) is 0 Å². The Morgan fingerprint density at radius 1 is 0.286 bits per heavy atom. The van der Waals surface area contributed by atoms with Crippen LogP contribution in [0.4, 0.5) is 0 Å². The molecule has 0 bridgehead atoms. The fraction of sp³-hybridized carbons (Fsp3) is 0.633.